The number of unbranched alkanes of at least 4 members (excludes halogenated alkanes) is 3. The molecule has 0 fully saturated rings. The average Bonchev–Trinajstić information content (AvgIpc) is 1.85. The molecule has 0 atom stereocenters. The molecule has 0 aromatic carbocycles. The minimum absolute atomic E-state index is 0.464. The highest BCUT2D eigenvalue weighted by molar-refractivity contribution is 8.00. The largest absolute Gasteiger partial charge is 0.156 e. The Kier molecular flexibility index (Phi) is 6.12. The van der Waals surface area contributed by atoms with Crippen molar-refractivity contribution >= 4 is 11.8 Å². The van der Waals surface area contributed by atoms with E-state index in [-0.39, 0.29) is 0 Å². The van der Waals surface area contributed by atoms with Gasteiger partial charge in [0, 0.05) is 4.75 Å². The Labute approximate surface area is 76.1 Å². The van der Waals surface area contributed by atoms with E-state index in [1.807, 2.05) is 0 Å². The van der Waals surface area contributed by atoms with Crippen molar-refractivity contribution in [2.24, 2.45) is 0 Å². The summed E-state index contributed by atoms with van der Waals surface area (Å²) in [7, 11) is 0. The van der Waals surface area contributed by atoms with Gasteiger partial charge in [-0.1, -0.05) is 47.0 Å². The molecule has 0 amide bonds. The van der Waals surface area contributed by atoms with Gasteiger partial charge in [-0.05, 0) is 12.2 Å². The predicted molar refractivity (Wildman–Crippen MR) is 56.4 cm³/mol. The van der Waals surface area contributed by atoms with Crippen LogP contribution in [0, 0.1) is 0 Å². The molecular weight excluding hydrogens is 152 g/mol. The van der Waals surface area contributed by atoms with Crippen molar-refractivity contribution in [1.82, 2.24) is 0 Å². The second-order valence-electron chi connectivity index (χ2n) is 4.02. The fourth-order valence-electron chi connectivity index (χ4n) is 0.907. The molecule has 0 heterocycles. The minimum atomic E-state index is 0.464. The fourth-order valence-corrected chi connectivity index (χ4v) is 1.87. The molecule has 0 nitrogen and oxygen atoms in total. The highest BCUT2D eigenvalue weighted by atomic mass is 32.2. The van der Waals surface area contributed by atoms with Gasteiger partial charge in [-0.3, -0.25) is 0 Å². The Morgan fingerprint density at radius 1 is 1.00 bits per heavy atom. The predicted octanol–water partition coefficient (Wildman–Crippen LogP) is 4.10. The first-order valence-electron chi connectivity index (χ1n) is 4.70. The van der Waals surface area contributed by atoms with Crippen molar-refractivity contribution in [2.75, 3.05) is 5.75 Å². The van der Waals surface area contributed by atoms with Gasteiger partial charge in [0.1, 0.15) is 0 Å². The second-order valence-corrected chi connectivity index (χ2v) is 5.94. The first-order valence-corrected chi connectivity index (χ1v) is 5.69. The standard InChI is InChI=1S/C10H22S/c1-5-6-7-8-9-11-10(2,3)4/h5-9H2,1-4H3. The highest BCUT2D eigenvalue weighted by Crippen LogP contribution is 2.24. The zero-order valence-electron chi connectivity index (χ0n) is 8.44. The Morgan fingerprint density at radius 3 is 2.09 bits per heavy atom. The first kappa shape index (κ1) is 11.4. The second kappa shape index (κ2) is 5.93. The van der Waals surface area contributed by atoms with Crippen molar-refractivity contribution in [3.63, 3.8) is 0 Å². The highest BCUT2D eigenvalue weighted by Gasteiger charge is 2.08. The van der Waals surface area contributed by atoms with Gasteiger partial charge < -0.3 is 0 Å². The summed E-state index contributed by atoms with van der Waals surface area (Å²) in [6, 6.07) is 0. The molecule has 0 aromatic rings. The zero-order valence-corrected chi connectivity index (χ0v) is 9.26. The lowest BCUT2D eigenvalue weighted by Gasteiger charge is -2.16. The fraction of sp³-hybridized carbons (Fsp3) is 1.00. The molecular formula is C10H22S. The van der Waals surface area contributed by atoms with E-state index >= 15 is 0 Å². The minimum Gasteiger partial charge on any atom is -0.156 e. The molecule has 0 bridgehead atoms. The first-order chi connectivity index (χ1) is 5.06. The van der Waals surface area contributed by atoms with E-state index in [0.29, 0.717) is 4.75 Å². The molecule has 0 spiro atoms. The van der Waals surface area contributed by atoms with E-state index in [0.717, 1.165) is 0 Å². The number of rotatable bonds is 5. The quantitative estimate of drug-likeness (QED) is 0.565. The van der Waals surface area contributed by atoms with Gasteiger partial charge in [0.15, 0.2) is 0 Å². The van der Waals surface area contributed by atoms with Crippen molar-refractivity contribution in [3.05, 3.63) is 0 Å². The summed E-state index contributed by atoms with van der Waals surface area (Å²) in [6.07, 6.45) is 5.57. The number of hydrogen-bond acceptors (Lipinski definition) is 1. The summed E-state index contributed by atoms with van der Waals surface area (Å²) in [5.41, 5.74) is 0. The lowest BCUT2D eigenvalue weighted by Crippen LogP contribution is -2.07. The SMILES string of the molecule is CCCCCCSC(C)(C)C. The lowest BCUT2D eigenvalue weighted by atomic mass is 10.2. The summed E-state index contributed by atoms with van der Waals surface area (Å²) in [5.74, 6) is 1.34. The van der Waals surface area contributed by atoms with Crippen LogP contribution in [0.25, 0.3) is 0 Å². The van der Waals surface area contributed by atoms with E-state index in [9.17, 15) is 0 Å². The molecule has 0 aliphatic carbocycles. The van der Waals surface area contributed by atoms with Gasteiger partial charge in [0.05, 0.1) is 0 Å². The average molecular weight is 174 g/mol. The molecule has 0 aromatic heterocycles. The molecule has 0 aliphatic rings. The lowest BCUT2D eigenvalue weighted by molar-refractivity contribution is 0.702. The van der Waals surface area contributed by atoms with Crippen molar-refractivity contribution in [3.8, 4) is 0 Å². The van der Waals surface area contributed by atoms with Crippen molar-refractivity contribution in [1.29, 1.82) is 0 Å². The smallest absolute Gasteiger partial charge is 0.00750 e. The molecule has 1 heteroatoms. The van der Waals surface area contributed by atoms with Crippen LogP contribution in [0.4, 0.5) is 0 Å². The van der Waals surface area contributed by atoms with Gasteiger partial charge >= 0.3 is 0 Å². The third-order valence-corrected chi connectivity index (χ3v) is 2.89. The molecule has 0 unspecified atom stereocenters. The molecule has 68 valence electrons. The summed E-state index contributed by atoms with van der Waals surface area (Å²) < 4.78 is 0.464. The van der Waals surface area contributed by atoms with Crippen LogP contribution in [-0.4, -0.2) is 10.5 Å². The number of thioether (sulfide) groups is 1. The van der Waals surface area contributed by atoms with E-state index in [4.69, 9.17) is 0 Å². The maximum Gasteiger partial charge on any atom is 0.00750 e. The molecule has 0 aliphatic heterocycles. The zero-order chi connectivity index (χ0) is 8.74. The van der Waals surface area contributed by atoms with E-state index in [1.165, 1.54) is 31.4 Å². The normalized spacial score (nSPS) is 12.0. The van der Waals surface area contributed by atoms with Crippen molar-refractivity contribution in [2.45, 2.75) is 58.1 Å². The Balaban J connectivity index is 3.02. The van der Waals surface area contributed by atoms with Gasteiger partial charge in [0.2, 0.25) is 0 Å². The summed E-state index contributed by atoms with van der Waals surface area (Å²) >= 11 is 2.08. The van der Waals surface area contributed by atoms with Crippen LogP contribution in [0.15, 0.2) is 0 Å². The maximum atomic E-state index is 2.29. The van der Waals surface area contributed by atoms with Gasteiger partial charge in [-0.15, -0.1) is 0 Å². The van der Waals surface area contributed by atoms with E-state index in [2.05, 4.69) is 39.5 Å². The summed E-state index contributed by atoms with van der Waals surface area (Å²) in [4.78, 5) is 0. The number of hydrogen-bond donors (Lipinski definition) is 0. The molecule has 0 N–H and O–H groups in total. The maximum absolute atomic E-state index is 2.29. The van der Waals surface area contributed by atoms with Crippen LogP contribution >= 0.6 is 11.8 Å². The molecule has 0 radical (unpaired) electrons. The van der Waals surface area contributed by atoms with Gasteiger partial charge in [0.25, 0.3) is 0 Å². The van der Waals surface area contributed by atoms with Gasteiger partial charge in [-0.25, -0.2) is 0 Å². The third-order valence-electron chi connectivity index (χ3n) is 1.53. The molecule has 11 heavy (non-hydrogen) atoms. The van der Waals surface area contributed by atoms with Crippen LogP contribution in [0.5, 0.6) is 0 Å². The van der Waals surface area contributed by atoms with E-state index in [1.54, 1.807) is 0 Å². The molecule has 0 rings (SSSR count). The van der Waals surface area contributed by atoms with E-state index < -0.39 is 0 Å². The van der Waals surface area contributed by atoms with Crippen LogP contribution < -0.4 is 0 Å². The van der Waals surface area contributed by atoms with Crippen LogP contribution in [0.3, 0.4) is 0 Å². The third kappa shape index (κ3) is 10.4. The van der Waals surface area contributed by atoms with Gasteiger partial charge in [-0.2, -0.15) is 11.8 Å². The Hall–Kier alpha value is 0.350. The summed E-state index contributed by atoms with van der Waals surface area (Å²) in [5, 5.41) is 0. The topological polar surface area (TPSA) is 0 Å². The Morgan fingerprint density at radius 2 is 1.64 bits per heavy atom. The van der Waals surface area contributed by atoms with Crippen LogP contribution in [0.2, 0.25) is 0 Å². The van der Waals surface area contributed by atoms with Crippen molar-refractivity contribution < 1.29 is 0 Å². The molecule has 0 saturated heterocycles. The van der Waals surface area contributed by atoms with Crippen LogP contribution in [-0.2, 0) is 0 Å². The summed E-state index contributed by atoms with van der Waals surface area (Å²) in [6.45, 7) is 9.13. The molecule has 0 saturated carbocycles. The van der Waals surface area contributed by atoms with Crippen LogP contribution in [0.1, 0.15) is 53.4 Å². The monoisotopic (exact) mass is 174 g/mol. The Bertz CT molecular complexity index is 81.4.